The summed E-state index contributed by atoms with van der Waals surface area (Å²) in [5, 5.41) is 11.3. The molecule has 0 radical (unpaired) electrons. The number of nitrogens with one attached hydrogen (secondary N) is 1. The van der Waals surface area contributed by atoms with Crippen LogP contribution in [0.5, 0.6) is 0 Å². The average molecular weight is 240 g/mol. The molecule has 0 amide bonds. The molecule has 0 saturated heterocycles. The summed E-state index contributed by atoms with van der Waals surface area (Å²) in [6.07, 6.45) is 7.21. The number of nitrogens with zero attached hydrogens (tertiary/aromatic N) is 4. The van der Waals surface area contributed by atoms with Crippen molar-refractivity contribution in [3.8, 4) is 0 Å². The second kappa shape index (κ2) is 5.12. The van der Waals surface area contributed by atoms with Crippen LogP contribution in [0.25, 0.3) is 5.65 Å². The highest BCUT2D eigenvalue weighted by molar-refractivity contribution is 6.20. The molecule has 2 aromatic heterocycles. The zero-order chi connectivity index (χ0) is 11.4. The van der Waals surface area contributed by atoms with Crippen LogP contribution in [0.3, 0.4) is 0 Å². The van der Waals surface area contributed by atoms with Crippen LogP contribution in [0.2, 0.25) is 0 Å². The second-order valence-corrected chi connectivity index (χ2v) is 4.43. The first-order valence-corrected chi connectivity index (χ1v) is 5.73. The van der Waals surface area contributed by atoms with Crippen molar-refractivity contribution in [2.45, 2.75) is 25.1 Å². The van der Waals surface area contributed by atoms with E-state index in [0.29, 0.717) is 0 Å². The van der Waals surface area contributed by atoms with Crippen molar-refractivity contribution in [1.82, 2.24) is 19.6 Å². The highest BCUT2D eigenvalue weighted by Gasteiger charge is 2.03. The van der Waals surface area contributed by atoms with Crippen molar-refractivity contribution in [2.24, 2.45) is 0 Å². The van der Waals surface area contributed by atoms with Crippen molar-refractivity contribution in [2.75, 3.05) is 11.9 Å². The van der Waals surface area contributed by atoms with Crippen molar-refractivity contribution in [3.05, 3.63) is 18.7 Å². The molecule has 16 heavy (non-hydrogen) atoms. The van der Waals surface area contributed by atoms with Gasteiger partial charge in [0, 0.05) is 24.3 Å². The Labute approximate surface area is 98.9 Å². The third kappa shape index (κ3) is 2.61. The number of alkyl halides is 1. The first-order valence-electron chi connectivity index (χ1n) is 5.29. The van der Waals surface area contributed by atoms with E-state index in [1.54, 1.807) is 12.5 Å². The van der Waals surface area contributed by atoms with Crippen LogP contribution in [0.15, 0.2) is 18.7 Å². The van der Waals surface area contributed by atoms with Gasteiger partial charge in [-0.2, -0.15) is 0 Å². The number of hydrogen-bond acceptors (Lipinski definition) is 4. The van der Waals surface area contributed by atoms with Crippen molar-refractivity contribution in [3.63, 3.8) is 0 Å². The second-order valence-electron chi connectivity index (χ2n) is 3.69. The van der Waals surface area contributed by atoms with Gasteiger partial charge in [-0.15, -0.1) is 21.8 Å². The molecule has 0 aliphatic rings. The molecule has 0 aliphatic heterocycles. The summed E-state index contributed by atoms with van der Waals surface area (Å²) in [6, 6.07) is 0. The lowest BCUT2D eigenvalue weighted by molar-refractivity contribution is 0.749. The summed E-state index contributed by atoms with van der Waals surface area (Å²) in [6.45, 7) is 2.84. The van der Waals surface area contributed by atoms with Crippen LogP contribution >= 0.6 is 11.6 Å². The van der Waals surface area contributed by atoms with Crippen molar-refractivity contribution in [1.29, 1.82) is 0 Å². The Hall–Kier alpha value is -1.36. The van der Waals surface area contributed by atoms with E-state index < -0.39 is 0 Å². The molecule has 0 fully saturated rings. The van der Waals surface area contributed by atoms with Crippen LogP contribution in [0.4, 0.5) is 5.82 Å². The molecular formula is C10H14ClN5. The quantitative estimate of drug-likeness (QED) is 0.640. The molecular weight excluding hydrogens is 226 g/mol. The number of fused-ring (bicyclic) bond motifs is 1. The molecule has 1 unspecified atom stereocenters. The maximum absolute atomic E-state index is 5.87. The number of hydrogen-bond donors (Lipinski definition) is 1. The van der Waals surface area contributed by atoms with Crippen LogP contribution in [0.1, 0.15) is 19.8 Å². The zero-order valence-electron chi connectivity index (χ0n) is 9.10. The summed E-state index contributed by atoms with van der Waals surface area (Å²) in [5.74, 6) is 0.766. The third-order valence-electron chi connectivity index (χ3n) is 2.29. The van der Waals surface area contributed by atoms with E-state index in [0.717, 1.165) is 30.9 Å². The maximum atomic E-state index is 5.87. The molecule has 0 bridgehead atoms. The van der Waals surface area contributed by atoms with Gasteiger partial charge < -0.3 is 5.32 Å². The molecule has 0 aliphatic carbocycles. The van der Waals surface area contributed by atoms with Gasteiger partial charge in [0.2, 0.25) is 5.65 Å². The highest BCUT2D eigenvalue weighted by Crippen LogP contribution is 2.10. The van der Waals surface area contributed by atoms with Crippen LogP contribution in [0, 0.1) is 0 Å². The van der Waals surface area contributed by atoms with Gasteiger partial charge in [-0.3, -0.25) is 4.40 Å². The first kappa shape index (κ1) is 11.1. The summed E-state index contributed by atoms with van der Waals surface area (Å²) in [4.78, 5) is 4.23. The fourth-order valence-corrected chi connectivity index (χ4v) is 1.63. The molecule has 0 spiro atoms. The third-order valence-corrected chi connectivity index (χ3v) is 2.51. The standard InChI is InChI=1S/C10H14ClN5/c1-8(11)3-2-4-12-9-10-15-14-7-16(10)6-5-13-9/h5-8H,2-4H2,1H3,(H,12,13). The fourth-order valence-electron chi connectivity index (χ4n) is 1.47. The number of aromatic nitrogens is 4. The Balaban J connectivity index is 1.96. The summed E-state index contributed by atoms with van der Waals surface area (Å²) in [7, 11) is 0. The fraction of sp³-hybridized carbons (Fsp3) is 0.500. The SMILES string of the molecule is CC(Cl)CCCNc1nccn2cnnc12. The Morgan fingerprint density at radius 3 is 3.25 bits per heavy atom. The summed E-state index contributed by atoms with van der Waals surface area (Å²) < 4.78 is 1.83. The smallest absolute Gasteiger partial charge is 0.203 e. The predicted octanol–water partition coefficient (Wildman–Crippen LogP) is 1.94. The minimum atomic E-state index is 0.221. The lowest BCUT2D eigenvalue weighted by Gasteiger charge is -2.06. The Morgan fingerprint density at radius 1 is 1.56 bits per heavy atom. The molecule has 2 aromatic rings. The van der Waals surface area contributed by atoms with Crippen LogP contribution in [-0.2, 0) is 0 Å². The molecule has 1 N–H and O–H groups in total. The van der Waals surface area contributed by atoms with Gasteiger partial charge in [0.25, 0.3) is 0 Å². The largest absolute Gasteiger partial charge is 0.367 e. The molecule has 0 aromatic carbocycles. The van der Waals surface area contributed by atoms with Gasteiger partial charge in [-0.25, -0.2) is 4.98 Å². The van der Waals surface area contributed by atoms with Gasteiger partial charge >= 0.3 is 0 Å². The monoisotopic (exact) mass is 239 g/mol. The minimum Gasteiger partial charge on any atom is -0.367 e. The normalized spacial score (nSPS) is 12.9. The van der Waals surface area contributed by atoms with E-state index in [-0.39, 0.29) is 5.38 Å². The van der Waals surface area contributed by atoms with Crippen LogP contribution in [-0.4, -0.2) is 31.5 Å². The van der Waals surface area contributed by atoms with Gasteiger partial charge in [0.05, 0.1) is 0 Å². The molecule has 2 heterocycles. The Kier molecular flexibility index (Phi) is 3.56. The first-order chi connectivity index (χ1) is 7.77. The van der Waals surface area contributed by atoms with Crippen molar-refractivity contribution < 1.29 is 0 Å². The minimum absolute atomic E-state index is 0.221. The molecule has 2 rings (SSSR count). The average Bonchev–Trinajstić information content (AvgIpc) is 2.72. The van der Waals surface area contributed by atoms with E-state index in [4.69, 9.17) is 11.6 Å². The predicted molar refractivity (Wildman–Crippen MR) is 63.8 cm³/mol. The highest BCUT2D eigenvalue weighted by atomic mass is 35.5. The van der Waals surface area contributed by atoms with E-state index in [1.807, 2.05) is 17.5 Å². The maximum Gasteiger partial charge on any atom is 0.203 e. The zero-order valence-corrected chi connectivity index (χ0v) is 9.85. The topological polar surface area (TPSA) is 55.1 Å². The molecule has 1 atom stereocenters. The summed E-state index contributed by atoms with van der Waals surface area (Å²) in [5.41, 5.74) is 0.751. The Morgan fingerprint density at radius 2 is 2.44 bits per heavy atom. The molecule has 0 saturated carbocycles. The van der Waals surface area contributed by atoms with Gasteiger partial charge in [0.1, 0.15) is 6.33 Å². The van der Waals surface area contributed by atoms with Gasteiger partial charge in [-0.05, 0) is 19.8 Å². The number of anilines is 1. The molecule has 5 nitrogen and oxygen atoms in total. The lowest BCUT2D eigenvalue weighted by atomic mass is 10.2. The molecule has 6 heteroatoms. The Bertz CT molecular complexity index is 453. The van der Waals surface area contributed by atoms with E-state index in [1.165, 1.54) is 0 Å². The van der Waals surface area contributed by atoms with Gasteiger partial charge in [0.15, 0.2) is 5.82 Å². The van der Waals surface area contributed by atoms with Crippen LogP contribution < -0.4 is 5.32 Å². The van der Waals surface area contributed by atoms with E-state index in [2.05, 4.69) is 20.5 Å². The number of halogens is 1. The summed E-state index contributed by atoms with van der Waals surface area (Å²) >= 11 is 5.87. The van der Waals surface area contributed by atoms with Gasteiger partial charge in [-0.1, -0.05) is 0 Å². The van der Waals surface area contributed by atoms with E-state index >= 15 is 0 Å². The number of rotatable bonds is 5. The van der Waals surface area contributed by atoms with Crippen molar-refractivity contribution >= 4 is 23.1 Å². The molecule has 86 valence electrons. The lowest BCUT2D eigenvalue weighted by Crippen LogP contribution is -2.06. The van der Waals surface area contributed by atoms with E-state index in [9.17, 15) is 0 Å².